The van der Waals surface area contributed by atoms with Crippen molar-refractivity contribution in [2.75, 3.05) is 13.1 Å². The van der Waals surface area contributed by atoms with E-state index in [1.54, 1.807) is 62.4 Å². The van der Waals surface area contributed by atoms with Crippen molar-refractivity contribution < 1.29 is 19.1 Å². The van der Waals surface area contributed by atoms with Crippen LogP contribution in [0, 0.1) is 0 Å². The minimum atomic E-state index is -0.695. The predicted octanol–water partition coefficient (Wildman–Crippen LogP) is 3.46. The Balaban J connectivity index is 1.68. The summed E-state index contributed by atoms with van der Waals surface area (Å²) >= 11 is 11.8. The summed E-state index contributed by atoms with van der Waals surface area (Å²) in [6.45, 7) is 3.79. The van der Waals surface area contributed by atoms with Crippen molar-refractivity contribution >= 4 is 35.0 Å². The first kappa shape index (κ1) is 21.9. The molecule has 0 spiro atoms. The molecule has 2 N–H and O–H groups in total. The van der Waals surface area contributed by atoms with Gasteiger partial charge in [-0.3, -0.25) is 9.59 Å². The highest BCUT2D eigenvalue weighted by Gasteiger charge is 2.16. The number of hydrogen-bond donors (Lipinski definition) is 2. The zero-order chi connectivity index (χ0) is 20.5. The largest absolute Gasteiger partial charge is 0.481 e. The molecule has 0 aliphatic rings. The third kappa shape index (κ3) is 7.29. The second-order valence-corrected chi connectivity index (χ2v) is 6.89. The summed E-state index contributed by atoms with van der Waals surface area (Å²) in [4.78, 5) is 24.1. The maximum atomic E-state index is 12.1. The molecule has 0 radical (unpaired) electrons. The summed E-state index contributed by atoms with van der Waals surface area (Å²) in [5, 5.41) is 6.46. The standard InChI is InChI=1S/C20H22Cl2N2O4/c1-13(27-17-7-3-5-15(21)11-17)19(25)23-9-10-24-20(26)14(2)28-18-8-4-6-16(22)12-18/h3-8,11-14H,9-10H2,1-2H3,(H,23,25)(H,24,26)/t13-,14+. The van der Waals surface area contributed by atoms with Gasteiger partial charge in [-0.15, -0.1) is 0 Å². The summed E-state index contributed by atoms with van der Waals surface area (Å²) in [6, 6.07) is 13.6. The van der Waals surface area contributed by atoms with E-state index in [1.165, 1.54) is 0 Å². The maximum absolute atomic E-state index is 12.1. The lowest BCUT2D eigenvalue weighted by Crippen LogP contribution is -2.43. The van der Waals surface area contributed by atoms with Crippen molar-refractivity contribution in [3.8, 4) is 11.5 Å². The number of carbonyl (C=O) groups is 2. The van der Waals surface area contributed by atoms with Crippen molar-refractivity contribution in [1.29, 1.82) is 0 Å². The van der Waals surface area contributed by atoms with E-state index in [0.717, 1.165) is 0 Å². The minimum Gasteiger partial charge on any atom is -0.481 e. The lowest BCUT2D eigenvalue weighted by Gasteiger charge is -2.16. The first-order chi connectivity index (χ1) is 13.3. The predicted molar refractivity (Wildman–Crippen MR) is 109 cm³/mol. The van der Waals surface area contributed by atoms with Crippen molar-refractivity contribution in [3.63, 3.8) is 0 Å². The van der Waals surface area contributed by atoms with Gasteiger partial charge in [0, 0.05) is 23.1 Å². The fraction of sp³-hybridized carbons (Fsp3) is 0.300. The monoisotopic (exact) mass is 424 g/mol. The molecule has 0 aromatic heterocycles. The van der Waals surface area contributed by atoms with Gasteiger partial charge >= 0.3 is 0 Å². The summed E-state index contributed by atoms with van der Waals surface area (Å²) < 4.78 is 11.1. The summed E-state index contributed by atoms with van der Waals surface area (Å²) in [5.41, 5.74) is 0. The minimum absolute atomic E-state index is 0.262. The highest BCUT2D eigenvalue weighted by Crippen LogP contribution is 2.19. The second-order valence-electron chi connectivity index (χ2n) is 6.02. The van der Waals surface area contributed by atoms with Gasteiger partial charge in [-0.25, -0.2) is 0 Å². The highest BCUT2D eigenvalue weighted by molar-refractivity contribution is 6.31. The van der Waals surface area contributed by atoms with Crippen LogP contribution >= 0.6 is 23.2 Å². The highest BCUT2D eigenvalue weighted by atomic mass is 35.5. The molecule has 2 amide bonds. The van der Waals surface area contributed by atoms with E-state index in [0.29, 0.717) is 21.5 Å². The van der Waals surface area contributed by atoms with Crippen molar-refractivity contribution in [1.82, 2.24) is 10.6 Å². The van der Waals surface area contributed by atoms with Crippen LogP contribution in [0.2, 0.25) is 10.0 Å². The fourth-order valence-electron chi connectivity index (χ4n) is 2.25. The third-order valence-corrected chi connectivity index (χ3v) is 4.15. The molecule has 8 heteroatoms. The number of nitrogens with one attached hydrogen (secondary N) is 2. The van der Waals surface area contributed by atoms with Gasteiger partial charge in [-0.2, -0.15) is 0 Å². The van der Waals surface area contributed by atoms with E-state index in [4.69, 9.17) is 32.7 Å². The lowest BCUT2D eigenvalue weighted by molar-refractivity contribution is -0.129. The number of amides is 2. The van der Waals surface area contributed by atoms with E-state index in [1.807, 2.05) is 0 Å². The average Bonchev–Trinajstić information content (AvgIpc) is 2.64. The van der Waals surface area contributed by atoms with Gasteiger partial charge in [-0.1, -0.05) is 35.3 Å². The Morgan fingerprint density at radius 2 is 1.21 bits per heavy atom. The average molecular weight is 425 g/mol. The van der Waals surface area contributed by atoms with Crippen LogP contribution in [0.3, 0.4) is 0 Å². The molecule has 2 aromatic carbocycles. The van der Waals surface area contributed by atoms with E-state index in [-0.39, 0.29) is 24.9 Å². The third-order valence-electron chi connectivity index (χ3n) is 3.68. The Labute approximate surface area is 174 Å². The molecular formula is C20H22Cl2N2O4. The molecule has 2 atom stereocenters. The molecule has 6 nitrogen and oxygen atoms in total. The molecule has 28 heavy (non-hydrogen) atoms. The van der Waals surface area contributed by atoms with Crippen LogP contribution in [-0.2, 0) is 9.59 Å². The van der Waals surface area contributed by atoms with Crippen LogP contribution in [0.5, 0.6) is 11.5 Å². The van der Waals surface area contributed by atoms with Crippen molar-refractivity contribution in [3.05, 3.63) is 58.6 Å². The van der Waals surface area contributed by atoms with E-state index in [9.17, 15) is 9.59 Å². The quantitative estimate of drug-likeness (QED) is 0.604. The molecule has 0 bridgehead atoms. The molecule has 0 unspecified atom stereocenters. The van der Waals surface area contributed by atoms with Gasteiger partial charge in [0.15, 0.2) is 12.2 Å². The molecular weight excluding hydrogens is 403 g/mol. The topological polar surface area (TPSA) is 76.7 Å². The Hall–Kier alpha value is -2.44. The van der Waals surface area contributed by atoms with E-state index >= 15 is 0 Å². The van der Waals surface area contributed by atoms with Gasteiger partial charge in [-0.05, 0) is 50.2 Å². The summed E-state index contributed by atoms with van der Waals surface area (Å²) in [5.74, 6) is 0.431. The van der Waals surface area contributed by atoms with Crippen molar-refractivity contribution in [2.45, 2.75) is 26.1 Å². The van der Waals surface area contributed by atoms with Crippen LogP contribution in [0.25, 0.3) is 0 Å². The first-order valence-corrected chi connectivity index (χ1v) is 9.50. The van der Waals surface area contributed by atoms with Gasteiger partial charge < -0.3 is 20.1 Å². The molecule has 0 saturated heterocycles. The lowest BCUT2D eigenvalue weighted by atomic mass is 10.3. The zero-order valence-corrected chi connectivity index (χ0v) is 17.1. The molecule has 150 valence electrons. The maximum Gasteiger partial charge on any atom is 0.260 e. The van der Waals surface area contributed by atoms with E-state index in [2.05, 4.69) is 10.6 Å². The van der Waals surface area contributed by atoms with Gasteiger partial charge in [0.1, 0.15) is 11.5 Å². The van der Waals surface area contributed by atoms with Crippen LogP contribution < -0.4 is 20.1 Å². The van der Waals surface area contributed by atoms with Gasteiger partial charge in [0.2, 0.25) is 0 Å². The summed E-state index contributed by atoms with van der Waals surface area (Å²) in [7, 11) is 0. The van der Waals surface area contributed by atoms with Gasteiger partial charge in [0.05, 0.1) is 0 Å². The number of benzene rings is 2. The zero-order valence-electron chi connectivity index (χ0n) is 15.6. The molecule has 0 heterocycles. The smallest absolute Gasteiger partial charge is 0.260 e. The Morgan fingerprint density at radius 3 is 1.57 bits per heavy atom. The number of ether oxygens (including phenoxy) is 2. The SMILES string of the molecule is C[C@H](Oc1cccc(Cl)c1)C(=O)NCCNC(=O)[C@@H](C)Oc1cccc(Cl)c1. The van der Waals surface area contributed by atoms with Crippen LogP contribution in [0.4, 0.5) is 0 Å². The molecule has 2 aromatic rings. The molecule has 0 fully saturated rings. The second kappa shape index (κ2) is 10.8. The van der Waals surface area contributed by atoms with Crippen LogP contribution in [0.15, 0.2) is 48.5 Å². The Morgan fingerprint density at radius 1 is 0.821 bits per heavy atom. The van der Waals surface area contributed by atoms with Gasteiger partial charge in [0.25, 0.3) is 11.8 Å². The fourth-order valence-corrected chi connectivity index (χ4v) is 2.62. The molecule has 2 rings (SSSR count). The molecule has 0 aliphatic carbocycles. The first-order valence-electron chi connectivity index (χ1n) is 8.75. The Kier molecular flexibility index (Phi) is 8.42. The Bertz CT molecular complexity index is 749. The molecule has 0 aliphatic heterocycles. The van der Waals surface area contributed by atoms with Crippen molar-refractivity contribution in [2.24, 2.45) is 0 Å². The van der Waals surface area contributed by atoms with Crippen LogP contribution in [0.1, 0.15) is 13.8 Å². The van der Waals surface area contributed by atoms with E-state index < -0.39 is 12.2 Å². The number of rotatable bonds is 9. The normalized spacial score (nSPS) is 12.6. The number of hydrogen-bond acceptors (Lipinski definition) is 4. The number of halogens is 2. The number of carbonyl (C=O) groups excluding carboxylic acids is 2. The van der Waals surface area contributed by atoms with Crippen LogP contribution in [-0.4, -0.2) is 37.1 Å². The molecule has 0 saturated carbocycles. The summed E-state index contributed by atoms with van der Waals surface area (Å²) in [6.07, 6.45) is -1.39.